The molecule has 1 heterocycles. The minimum absolute atomic E-state index is 1.14. The Bertz CT molecular complexity index is 242. The molecule has 1 aromatic heterocycles. The highest BCUT2D eigenvalue weighted by atomic mass is 32.1. The zero-order valence-corrected chi connectivity index (χ0v) is 10.2. The third-order valence-electron chi connectivity index (χ3n) is 2.35. The lowest BCUT2D eigenvalue weighted by atomic mass is 10.2. The topological polar surface area (TPSA) is 12.9 Å². The molecule has 1 rings (SSSR count). The number of rotatable bonds is 7. The van der Waals surface area contributed by atoms with Crippen molar-refractivity contribution in [2.24, 2.45) is 0 Å². The molecular weight excluding hydrogens is 190 g/mol. The molecule has 0 saturated carbocycles. The Morgan fingerprint density at radius 1 is 1.07 bits per heavy atom. The third-order valence-corrected chi connectivity index (χ3v) is 3.31. The van der Waals surface area contributed by atoms with Gasteiger partial charge in [-0.1, -0.05) is 39.5 Å². The number of aromatic nitrogens is 1. The molecule has 0 bridgehead atoms. The molecule has 0 aromatic carbocycles. The number of unbranched alkanes of at least 4 members (excludes halogenated alkanes) is 3. The molecule has 0 atom stereocenters. The Balaban J connectivity index is 2.22. The maximum absolute atomic E-state index is 4.62. The van der Waals surface area contributed by atoms with Gasteiger partial charge in [0.15, 0.2) is 0 Å². The molecule has 0 aliphatic carbocycles. The first-order valence-electron chi connectivity index (χ1n) is 5.80. The standard InChI is InChI=1S/C12H21NS/c1-3-5-6-7-9-12-13-11(8-4-2)10-14-12/h10H,3-9H2,1-2H3. The van der Waals surface area contributed by atoms with Crippen LogP contribution in [0.25, 0.3) is 0 Å². The van der Waals surface area contributed by atoms with Crippen LogP contribution in [0.4, 0.5) is 0 Å². The molecule has 2 heteroatoms. The lowest BCUT2D eigenvalue weighted by Crippen LogP contribution is -1.87. The highest BCUT2D eigenvalue weighted by molar-refractivity contribution is 7.09. The highest BCUT2D eigenvalue weighted by Crippen LogP contribution is 2.14. The second kappa shape index (κ2) is 6.99. The first-order chi connectivity index (χ1) is 6.86. The van der Waals surface area contributed by atoms with Crippen LogP contribution in [-0.2, 0) is 12.8 Å². The number of thiazole rings is 1. The van der Waals surface area contributed by atoms with E-state index >= 15 is 0 Å². The minimum atomic E-state index is 1.14. The highest BCUT2D eigenvalue weighted by Gasteiger charge is 2.00. The molecule has 0 N–H and O–H groups in total. The first kappa shape index (κ1) is 11.7. The molecule has 0 saturated heterocycles. The summed E-state index contributed by atoms with van der Waals surface area (Å²) in [4.78, 5) is 4.62. The van der Waals surface area contributed by atoms with Gasteiger partial charge in [0.1, 0.15) is 0 Å². The largest absolute Gasteiger partial charge is 0.246 e. The van der Waals surface area contributed by atoms with Crippen LogP contribution in [-0.4, -0.2) is 4.98 Å². The third kappa shape index (κ3) is 4.23. The van der Waals surface area contributed by atoms with Gasteiger partial charge in [-0.2, -0.15) is 0 Å². The summed E-state index contributed by atoms with van der Waals surface area (Å²) in [6, 6.07) is 0. The molecule has 0 aliphatic heterocycles. The van der Waals surface area contributed by atoms with Crippen molar-refractivity contribution in [1.82, 2.24) is 4.98 Å². The first-order valence-corrected chi connectivity index (χ1v) is 6.68. The zero-order valence-electron chi connectivity index (χ0n) is 9.38. The summed E-state index contributed by atoms with van der Waals surface area (Å²) in [6.07, 6.45) is 8.90. The van der Waals surface area contributed by atoms with Gasteiger partial charge in [-0.3, -0.25) is 0 Å². The van der Waals surface area contributed by atoms with Crippen molar-refractivity contribution in [2.75, 3.05) is 0 Å². The van der Waals surface area contributed by atoms with Crippen LogP contribution in [0.3, 0.4) is 0 Å². The van der Waals surface area contributed by atoms with E-state index in [9.17, 15) is 0 Å². The van der Waals surface area contributed by atoms with E-state index in [-0.39, 0.29) is 0 Å². The van der Waals surface area contributed by atoms with E-state index < -0.39 is 0 Å². The van der Waals surface area contributed by atoms with Gasteiger partial charge in [0.2, 0.25) is 0 Å². The molecule has 1 nitrogen and oxygen atoms in total. The second-order valence-electron chi connectivity index (χ2n) is 3.79. The molecule has 0 aliphatic rings. The van der Waals surface area contributed by atoms with E-state index in [1.807, 2.05) is 11.3 Å². The van der Waals surface area contributed by atoms with Crippen molar-refractivity contribution in [3.8, 4) is 0 Å². The predicted molar refractivity (Wildman–Crippen MR) is 64.0 cm³/mol. The fraction of sp³-hybridized carbons (Fsp3) is 0.750. The summed E-state index contributed by atoms with van der Waals surface area (Å²) >= 11 is 1.84. The van der Waals surface area contributed by atoms with Gasteiger partial charge < -0.3 is 0 Å². The fourth-order valence-electron chi connectivity index (χ4n) is 1.54. The number of hydrogen-bond donors (Lipinski definition) is 0. The van der Waals surface area contributed by atoms with Crippen LogP contribution in [0.2, 0.25) is 0 Å². The number of aryl methyl sites for hydroxylation is 2. The van der Waals surface area contributed by atoms with E-state index in [1.165, 1.54) is 49.2 Å². The average molecular weight is 211 g/mol. The molecule has 14 heavy (non-hydrogen) atoms. The fourth-order valence-corrected chi connectivity index (χ4v) is 2.41. The average Bonchev–Trinajstić information content (AvgIpc) is 2.61. The van der Waals surface area contributed by atoms with Gasteiger partial charge in [-0.25, -0.2) is 4.98 Å². The Morgan fingerprint density at radius 3 is 2.64 bits per heavy atom. The summed E-state index contributed by atoms with van der Waals surface area (Å²) in [5.41, 5.74) is 1.29. The molecule has 0 radical (unpaired) electrons. The molecule has 0 amide bonds. The Hall–Kier alpha value is -0.370. The normalized spacial score (nSPS) is 10.7. The molecule has 0 spiro atoms. The summed E-state index contributed by atoms with van der Waals surface area (Å²) in [6.45, 7) is 4.46. The predicted octanol–water partition coefficient (Wildman–Crippen LogP) is 4.22. The molecule has 1 aromatic rings. The molecule has 0 fully saturated rings. The Labute approximate surface area is 91.6 Å². The van der Waals surface area contributed by atoms with Gasteiger partial charge in [0, 0.05) is 5.38 Å². The summed E-state index contributed by atoms with van der Waals surface area (Å²) < 4.78 is 0. The van der Waals surface area contributed by atoms with Crippen LogP contribution >= 0.6 is 11.3 Å². The maximum Gasteiger partial charge on any atom is 0.0928 e. The van der Waals surface area contributed by atoms with Gasteiger partial charge in [0.05, 0.1) is 10.7 Å². The van der Waals surface area contributed by atoms with Gasteiger partial charge in [-0.15, -0.1) is 11.3 Å². The lowest BCUT2D eigenvalue weighted by molar-refractivity contribution is 0.664. The van der Waals surface area contributed by atoms with Crippen LogP contribution in [0.5, 0.6) is 0 Å². The van der Waals surface area contributed by atoms with Crippen molar-refractivity contribution < 1.29 is 0 Å². The molecule has 80 valence electrons. The van der Waals surface area contributed by atoms with Crippen molar-refractivity contribution >= 4 is 11.3 Å². The van der Waals surface area contributed by atoms with Crippen molar-refractivity contribution in [3.63, 3.8) is 0 Å². The van der Waals surface area contributed by atoms with Crippen molar-refractivity contribution in [1.29, 1.82) is 0 Å². The monoisotopic (exact) mass is 211 g/mol. The van der Waals surface area contributed by atoms with Crippen LogP contribution < -0.4 is 0 Å². The van der Waals surface area contributed by atoms with Crippen molar-refractivity contribution in [3.05, 3.63) is 16.1 Å². The van der Waals surface area contributed by atoms with Crippen molar-refractivity contribution in [2.45, 2.75) is 58.8 Å². The molecule has 0 unspecified atom stereocenters. The van der Waals surface area contributed by atoms with E-state index in [1.54, 1.807) is 0 Å². The minimum Gasteiger partial charge on any atom is -0.246 e. The second-order valence-corrected chi connectivity index (χ2v) is 4.74. The van der Waals surface area contributed by atoms with E-state index in [0.717, 1.165) is 6.42 Å². The van der Waals surface area contributed by atoms with E-state index in [0.29, 0.717) is 0 Å². The van der Waals surface area contributed by atoms with Gasteiger partial charge in [-0.05, 0) is 19.3 Å². The summed E-state index contributed by atoms with van der Waals surface area (Å²) in [5.74, 6) is 0. The Kier molecular flexibility index (Phi) is 5.85. The van der Waals surface area contributed by atoms with Crippen LogP contribution in [0.15, 0.2) is 5.38 Å². The van der Waals surface area contributed by atoms with Crippen LogP contribution in [0.1, 0.15) is 56.7 Å². The smallest absolute Gasteiger partial charge is 0.0928 e. The summed E-state index contributed by atoms with van der Waals surface area (Å²) in [5, 5.41) is 3.56. The van der Waals surface area contributed by atoms with Gasteiger partial charge in [0.25, 0.3) is 0 Å². The quantitative estimate of drug-likeness (QED) is 0.615. The van der Waals surface area contributed by atoms with E-state index in [4.69, 9.17) is 0 Å². The Morgan fingerprint density at radius 2 is 1.93 bits per heavy atom. The maximum atomic E-state index is 4.62. The summed E-state index contributed by atoms with van der Waals surface area (Å²) in [7, 11) is 0. The zero-order chi connectivity index (χ0) is 10.2. The molecular formula is C12H21NS. The number of hydrogen-bond acceptors (Lipinski definition) is 2. The number of nitrogens with zero attached hydrogens (tertiary/aromatic N) is 1. The van der Waals surface area contributed by atoms with Crippen LogP contribution in [0, 0.1) is 0 Å². The van der Waals surface area contributed by atoms with Gasteiger partial charge >= 0.3 is 0 Å². The van der Waals surface area contributed by atoms with E-state index in [2.05, 4.69) is 24.2 Å². The lowest BCUT2D eigenvalue weighted by Gasteiger charge is -1.95. The SMILES string of the molecule is CCCCCCc1nc(CCC)cs1.